The fourth-order valence-electron chi connectivity index (χ4n) is 0.975. The second kappa shape index (κ2) is 6.44. The molecule has 0 heterocycles. The number of carbonyl (C=O) groups is 1. The molecule has 0 atom stereocenters. The Morgan fingerprint density at radius 3 is 2.56 bits per heavy atom. The Kier molecular flexibility index (Phi) is 5.21. The van der Waals surface area contributed by atoms with Crippen LogP contribution in [0.2, 0.25) is 0 Å². The number of hydrogen-bond donors (Lipinski definition) is 2. The molecule has 16 heavy (non-hydrogen) atoms. The highest BCUT2D eigenvalue weighted by Gasteiger charge is 2.02. The van der Waals surface area contributed by atoms with Gasteiger partial charge in [-0.3, -0.25) is 4.79 Å². The fraction of sp³-hybridized carbons (Fsp3) is 0.200. The van der Waals surface area contributed by atoms with Crippen LogP contribution in [0, 0.1) is 5.82 Å². The summed E-state index contributed by atoms with van der Waals surface area (Å²) in [6.45, 7) is 0. The highest BCUT2D eigenvalue weighted by molar-refractivity contribution is 8.01. The predicted molar refractivity (Wildman–Crippen MR) is 69.1 cm³/mol. The van der Waals surface area contributed by atoms with Gasteiger partial charge in [0.1, 0.15) is 5.82 Å². The van der Waals surface area contributed by atoms with Crippen LogP contribution in [0.1, 0.15) is 0 Å². The third-order valence-electron chi connectivity index (χ3n) is 1.61. The largest absolute Gasteiger partial charge is 0.393 e. The smallest absolute Gasteiger partial charge is 0.234 e. The number of rotatable bonds is 5. The maximum Gasteiger partial charge on any atom is 0.234 e. The number of thioether (sulfide) groups is 1. The minimum Gasteiger partial charge on any atom is -0.393 e. The third-order valence-corrected chi connectivity index (χ3v) is 2.91. The highest BCUT2D eigenvalue weighted by atomic mass is 32.2. The van der Waals surface area contributed by atoms with Gasteiger partial charge in [-0.15, -0.1) is 11.8 Å². The molecular formula is C10H11FN2OS2. The van der Waals surface area contributed by atoms with Gasteiger partial charge in [0.2, 0.25) is 5.91 Å². The van der Waals surface area contributed by atoms with Gasteiger partial charge in [-0.05, 0) is 24.3 Å². The molecule has 3 N–H and O–H groups in total. The number of halogens is 1. The lowest BCUT2D eigenvalue weighted by atomic mass is 10.3. The molecule has 3 nitrogen and oxygen atoms in total. The number of hydrogen-bond acceptors (Lipinski definition) is 3. The molecule has 0 unspecified atom stereocenters. The van der Waals surface area contributed by atoms with Crippen LogP contribution in [0.5, 0.6) is 0 Å². The Morgan fingerprint density at radius 2 is 2.00 bits per heavy atom. The van der Waals surface area contributed by atoms with E-state index >= 15 is 0 Å². The molecule has 0 fully saturated rings. The molecule has 0 aliphatic rings. The first-order valence-electron chi connectivity index (χ1n) is 4.49. The number of amides is 1. The summed E-state index contributed by atoms with van der Waals surface area (Å²) >= 11 is 6.01. The van der Waals surface area contributed by atoms with Crippen molar-refractivity contribution in [2.45, 2.75) is 0 Å². The van der Waals surface area contributed by atoms with E-state index in [0.29, 0.717) is 16.4 Å². The normalized spacial score (nSPS) is 9.81. The van der Waals surface area contributed by atoms with Crippen molar-refractivity contribution in [1.29, 1.82) is 0 Å². The average Bonchev–Trinajstić information content (AvgIpc) is 2.21. The molecular weight excluding hydrogens is 247 g/mol. The number of anilines is 1. The zero-order chi connectivity index (χ0) is 12.0. The fourth-order valence-corrected chi connectivity index (χ4v) is 1.79. The molecule has 0 radical (unpaired) electrons. The lowest BCUT2D eigenvalue weighted by Crippen LogP contribution is -2.17. The van der Waals surface area contributed by atoms with Gasteiger partial charge in [0, 0.05) is 11.4 Å². The van der Waals surface area contributed by atoms with Crippen molar-refractivity contribution in [3.05, 3.63) is 30.1 Å². The Hall–Kier alpha value is -1.14. The van der Waals surface area contributed by atoms with Gasteiger partial charge in [0.05, 0.1) is 10.7 Å². The van der Waals surface area contributed by atoms with Crippen molar-refractivity contribution in [2.24, 2.45) is 5.73 Å². The van der Waals surface area contributed by atoms with E-state index in [9.17, 15) is 9.18 Å². The summed E-state index contributed by atoms with van der Waals surface area (Å²) in [4.78, 5) is 11.7. The molecule has 1 rings (SSSR count). The number of benzene rings is 1. The lowest BCUT2D eigenvalue weighted by Gasteiger charge is -2.04. The van der Waals surface area contributed by atoms with Gasteiger partial charge in [-0.2, -0.15) is 0 Å². The third kappa shape index (κ3) is 5.09. The molecule has 0 aliphatic heterocycles. The topological polar surface area (TPSA) is 55.1 Å². The van der Waals surface area contributed by atoms with E-state index in [-0.39, 0.29) is 17.5 Å². The number of nitrogens with one attached hydrogen (secondary N) is 1. The molecule has 0 aliphatic carbocycles. The van der Waals surface area contributed by atoms with E-state index in [4.69, 9.17) is 5.73 Å². The second-order valence-electron chi connectivity index (χ2n) is 3.01. The van der Waals surface area contributed by atoms with Crippen LogP contribution >= 0.6 is 24.0 Å². The molecule has 0 saturated carbocycles. The van der Waals surface area contributed by atoms with Crippen molar-refractivity contribution in [3.63, 3.8) is 0 Å². The van der Waals surface area contributed by atoms with Crippen molar-refractivity contribution in [3.8, 4) is 0 Å². The van der Waals surface area contributed by atoms with Crippen molar-refractivity contribution < 1.29 is 9.18 Å². The molecule has 0 aromatic heterocycles. The first kappa shape index (κ1) is 12.9. The summed E-state index contributed by atoms with van der Waals surface area (Å²) in [5.74, 6) is 0.259. The molecule has 0 saturated heterocycles. The zero-order valence-electron chi connectivity index (χ0n) is 8.40. The summed E-state index contributed by atoms with van der Waals surface area (Å²) in [5, 5.41) is 2.63. The molecule has 0 bridgehead atoms. The van der Waals surface area contributed by atoms with Gasteiger partial charge >= 0.3 is 0 Å². The Bertz CT molecular complexity index is 381. The first-order valence-corrected chi connectivity index (χ1v) is 6.05. The Morgan fingerprint density at radius 1 is 1.38 bits per heavy atom. The maximum atomic E-state index is 12.6. The van der Waals surface area contributed by atoms with E-state index in [2.05, 4.69) is 17.5 Å². The second-order valence-corrected chi connectivity index (χ2v) is 4.52. The van der Waals surface area contributed by atoms with Crippen LogP contribution in [0.15, 0.2) is 24.3 Å². The molecule has 1 amide bonds. The van der Waals surface area contributed by atoms with Gasteiger partial charge in [-0.25, -0.2) is 4.39 Å². The first-order chi connectivity index (χ1) is 7.58. The van der Waals surface area contributed by atoms with Gasteiger partial charge < -0.3 is 11.1 Å². The Labute approximate surface area is 103 Å². The highest BCUT2D eigenvalue weighted by Crippen LogP contribution is 2.09. The summed E-state index contributed by atoms with van der Waals surface area (Å²) in [5.41, 5.74) is 5.86. The zero-order valence-corrected chi connectivity index (χ0v) is 10.0. The van der Waals surface area contributed by atoms with Gasteiger partial charge in [0.25, 0.3) is 0 Å². The number of nitrogens with two attached hydrogens (primary N) is 1. The van der Waals surface area contributed by atoms with E-state index < -0.39 is 0 Å². The Balaban J connectivity index is 2.34. The summed E-state index contributed by atoms with van der Waals surface area (Å²) in [7, 11) is 0. The lowest BCUT2D eigenvalue weighted by molar-refractivity contribution is -0.113. The predicted octanol–water partition coefficient (Wildman–Crippen LogP) is 1.78. The SMILES string of the molecule is NC(=S)CSCC(=O)Nc1ccc(F)cc1. The van der Waals surface area contributed by atoms with E-state index in [1.807, 2.05) is 0 Å². The van der Waals surface area contributed by atoms with Crippen LogP contribution in [-0.2, 0) is 4.79 Å². The molecule has 86 valence electrons. The molecule has 1 aromatic rings. The van der Waals surface area contributed by atoms with E-state index in [1.165, 1.54) is 36.0 Å². The van der Waals surface area contributed by atoms with Crippen molar-refractivity contribution in [2.75, 3.05) is 16.8 Å². The van der Waals surface area contributed by atoms with E-state index in [1.54, 1.807) is 0 Å². The van der Waals surface area contributed by atoms with Crippen LogP contribution in [0.25, 0.3) is 0 Å². The molecule has 0 spiro atoms. The van der Waals surface area contributed by atoms with Gasteiger partial charge in [0.15, 0.2) is 0 Å². The summed E-state index contributed by atoms with van der Waals surface area (Å²) in [6, 6.07) is 5.59. The van der Waals surface area contributed by atoms with Crippen LogP contribution in [0.4, 0.5) is 10.1 Å². The summed E-state index contributed by atoms with van der Waals surface area (Å²) < 4.78 is 12.6. The van der Waals surface area contributed by atoms with E-state index in [0.717, 1.165) is 0 Å². The molecule has 6 heteroatoms. The molecule has 1 aromatic carbocycles. The number of carbonyl (C=O) groups excluding carboxylic acids is 1. The quantitative estimate of drug-likeness (QED) is 0.791. The average molecular weight is 258 g/mol. The van der Waals surface area contributed by atoms with Crippen LogP contribution in [0.3, 0.4) is 0 Å². The maximum absolute atomic E-state index is 12.6. The minimum atomic E-state index is -0.333. The number of thiocarbonyl (C=S) groups is 1. The van der Waals surface area contributed by atoms with Crippen LogP contribution in [-0.4, -0.2) is 22.4 Å². The standard InChI is InChI=1S/C10H11FN2OS2/c11-7-1-3-8(4-2-7)13-10(14)6-16-5-9(12)15/h1-4H,5-6H2,(H2,12,15)(H,13,14). The van der Waals surface area contributed by atoms with Gasteiger partial charge in [-0.1, -0.05) is 12.2 Å². The van der Waals surface area contributed by atoms with Crippen molar-refractivity contribution in [1.82, 2.24) is 0 Å². The minimum absolute atomic E-state index is 0.159. The van der Waals surface area contributed by atoms with Crippen LogP contribution < -0.4 is 11.1 Å². The summed E-state index contributed by atoms with van der Waals surface area (Å²) in [6.07, 6.45) is 0. The monoisotopic (exact) mass is 258 g/mol. The van der Waals surface area contributed by atoms with Crippen molar-refractivity contribution >= 4 is 40.6 Å².